The second-order valence-corrected chi connectivity index (χ2v) is 4.04. The number of aryl methyl sites for hydroxylation is 2. The molecule has 0 aliphatic heterocycles. The fourth-order valence-electron chi connectivity index (χ4n) is 1.80. The number of hydrogen-bond acceptors (Lipinski definition) is 5. The molecule has 4 N–H and O–H groups in total. The van der Waals surface area contributed by atoms with E-state index in [1.807, 2.05) is 14.0 Å². The number of amides is 1. The summed E-state index contributed by atoms with van der Waals surface area (Å²) in [6.07, 6.45) is 5.56. The van der Waals surface area contributed by atoms with Crippen molar-refractivity contribution in [3.05, 3.63) is 35.9 Å². The van der Waals surface area contributed by atoms with E-state index < -0.39 is 0 Å². The lowest BCUT2D eigenvalue weighted by molar-refractivity contribution is 0.102. The maximum Gasteiger partial charge on any atom is 0.258 e. The number of aromatic nitrogens is 3. The maximum atomic E-state index is 12.2. The van der Waals surface area contributed by atoms with Crippen molar-refractivity contribution < 1.29 is 4.79 Å². The van der Waals surface area contributed by atoms with Gasteiger partial charge in [-0.25, -0.2) is 0 Å². The van der Waals surface area contributed by atoms with Crippen LogP contribution in [-0.4, -0.2) is 20.7 Å². The van der Waals surface area contributed by atoms with Crippen LogP contribution in [0.1, 0.15) is 23.0 Å². The summed E-state index contributed by atoms with van der Waals surface area (Å²) in [7, 11) is 1.81. The van der Waals surface area contributed by atoms with E-state index in [4.69, 9.17) is 5.84 Å². The van der Waals surface area contributed by atoms with Crippen molar-refractivity contribution in [2.45, 2.75) is 13.3 Å². The Morgan fingerprint density at radius 3 is 2.95 bits per heavy atom. The molecule has 2 aromatic heterocycles. The summed E-state index contributed by atoms with van der Waals surface area (Å²) in [5.41, 5.74) is 4.90. The number of hydrogen-bond donors (Lipinski definition) is 3. The predicted molar refractivity (Wildman–Crippen MR) is 72.6 cm³/mol. The van der Waals surface area contributed by atoms with Crippen molar-refractivity contribution in [1.82, 2.24) is 14.8 Å². The first kappa shape index (κ1) is 13.0. The summed E-state index contributed by atoms with van der Waals surface area (Å²) in [5, 5.41) is 7.10. The monoisotopic (exact) mass is 260 g/mol. The molecule has 0 fully saturated rings. The zero-order chi connectivity index (χ0) is 13.8. The zero-order valence-corrected chi connectivity index (χ0v) is 10.8. The number of nitrogen functional groups attached to an aromatic ring is 1. The predicted octanol–water partition coefficient (Wildman–Crippen LogP) is 0.915. The van der Waals surface area contributed by atoms with Gasteiger partial charge in [0.1, 0.15) is 0 Å². The highest BCUT2D eigenvalue weighted by atomic mass is 16.1. The highest BCUT2D eigenvalue weighted by Crippen LogP contribution is 2.18. The topological polar surface area (TPSA) is 97.9 Å². The average molecular weight is 260 g/mol. The van der Waals surface area contributed by atoms with E-state index in [0.717, 1.165) is 12.1 Å². The third-order valence-electron chi connectivity index (χ3n) is 2.71. The van der Waals surface area contributed by atoms with Gasteiger partial charge in [-0.3, -0.25) is 20.3 Å². The number of hydrazine groups is 1. The van der Waals surface area contributed by atoms with Gasteiger partial charge in [-0.15, -0.1) is 0 Å². The Labute approximate surface area is 110 Å². The number of rotatable bonds is 4. The van der Waals surface area contributed by atoms with Gasteiger partial charge in [-0.05, 0) is 12.5 Å². The first-order valence-corrected chi connectivity index (χ1v) is 5.90. The molecule has 0 aliphatic carbocycles. The molecular formula is C12H16N6O. The quantitative estimate of drug-likeness (QED) is 0.561. The van der Waals surface area contributed by atoms with Crippen molar-refractivity contribution in [3.63, 3.8) is 0 Å². The van der Waals surface area contributed by atoms with Gasteiger partial charge in [0.25, 0.3) is 5.91 Å². The van der Waals surface area contributed by atoms with Crippen molar-refractivity contribution >= 4 is 17.3 Å². The number of nitrogens with one attached hydrogen (secondary N) is 2. The molecule has 19 heavy (non-hydrogen) atoms. The van der Waals surface area contributed by atoms with Gasteiger partial charge in [-0.2, -0.15) is 5.10 Å². The minimum Gasteiger partial charge on any atom is -0.322 e. The normalized spacial score (nSPS) is 10.3. The smallest absolute Gasteiger partial charge is 0.258 e. The number of carbonyl (C=O) groups is 1. The number of nitrogens with two attached hydrogens (primary N) is 1. The Balaban J connectivity index is 2.25. The Hall–Kier alpha value is -2.41. The van der Waals surface area contributed by atoms with Crippen LogP contribution in [0.4, 0.5) is 11.4 Å². The summed E-state index contributed by atoms with van der Waals surface area (Å²) in [5.74, 6) is 5.10. The lowest BCUT2D eigenvalue weighted by Crippen LogP contribution is -2.17. The number of carbonyl (C=O) groups excluding carboxylic acids is 1. The summed E-state index contributed by atoms with van der Waals surface area (Å²) < 4.78 is 1.67. The molecule has 7 heteroatoms. The van der Waals surface area contributed by atoms with E-state index >= 15 is 0 Å². The van der Waals surface area contributed by atoms with Gasteiger partial charge in [-0.1, -0.05) is 6.92 Å². The Morgan fingerprint density at radius 2 is 2.26 bits per heavy atom. The van der Waals surface area contributed by atoms with Gasteiger partial charge in [0, 0.05) is 19.4 Å². The first-order valence-electron chi connectivity index (χ1n) is 5.90. The number of nitrogens with zero attached hydrogens (tertiary/aromatic N) is 3. The molecule has 1 amide bonds. The molecule has 100 valence electrons. The average Bonchev–Trinajstić information content (AvgIpc) is 2.78. The minimum absolute atomic E-state index is 0.252. The van der Waals surface area contributed by atoms with E-state index in [1.165, 1.54) is 6.20 Å². The van der Waals surface area contributed by atoms with Crippen LogP contribution >= 0.6 is 0 Å². The van der Waals surface area contributed by atoms with E-state index in [9.17, 15) is 4.79 Å². The Morgan fingerprint density at radius 1 is 1.47 bits per heavy atom. The van der Waals surface area contributed by atoms with Gasteiger partial charge in [0.2, 0.25) is 0 Å². The van der Waals surface area contributed by atoms with Crippen molar-refractivity contribution in [2.24, 2.45) is 12.9 Å². The molecule has 2 rings (SSSR count). The van der Waals surface area contributed by atoms with Crippen LogP contribution in [0.25, 0.3) is 0 Å². The second kappa shape index (κ2) is 5.49. The molecule has 0 radical (unpaired) electrons. The van der Waals surface area contributed by atoms with Gasteiger partial charge in [0.15, 0.2) is 0 Å². The molecule has 0 atom stereocenters. The molecule has 0 spiro atoms. The summed E-state index contributed by atoms with van der Waals surface area (Å²) >= 11 is 0. The zero-order valence-electron chi connectivity index (χ0n) is 10.8. The van der Waals surface area contributed by atoms with E-state index in [-0.39, 0.29) is 5.91 Å². The Bertz CT molecular complexity index is 592. The van der Waals surface area contributed by atoms with Gasteiger partial charge >= 0.3 is 0 Å². The molecule has 7 nitrogen and oxygen atoms in total. The van der Waals surface area contributed by atoms with E-state index in [2.05, 4.69) is 20.8 Å². The second-order valence-electron chi connectivity index (χ2n) is 4.04. The molecule has 2 heterocycles. The Kier molecular flexibility index (Phi) is 3.76. The van der Waals surface area contributed by atoms with Crippen LogP contribution < -0.4 is 16.6 Å². The van der Waals surface area contributed by atoms with Crippen LogP contribution in [0.3, 0.4) is 0 Å². The molecule has 0 aromatic carbocycles. The van der Waals surface area contributed by atoms with Crippen molar-refractivity contribution in [3.8, 4) is 0 Å². The fraction of sp³-hybridized carbons (Fsp3) is 0.250. The lowest BCUT2D eigenvalue weighted by atomic mass is 10.2. The number of anilines is 2. The third kappa shape index (κ3) is 2.71. The molecule has 0 saturated carbocycles. The highest BCUT2D eigenvalue weighted by Gasteiger charge is 2.14. The summed E-state index contributed by atoms with van der Waals surface area (Å²) in [6, 6.07) is 1.60. The van der Waals surface area contributed by atoms with Crippen molar-refractivity contribution in [2.75, 3.05) is 10.7 Å². The van der Waals surface area contributed by atoms with Crippen molar-refractivity contribution in [1.29, 1.82) is 0 Å². The van der Waals surface area contributed by atoms with Crippen LogP contribution in [-0.2, 0) is 13.5 Å². The molecule has 0 bridgehead atoms. The molecule has 2 aromatic rings. The molecule has 0 unspecified atom stereocenters. The maximum absolute atomic E-state index is 12.2. The first-order chi connectivity index (χ1) is 9.15. The summed E-state index contributed by atoms with van der Waals surface area (Å²) in [6.45, 7) is 1.98. The lowest BCUT2D eigenvalue weighted by Gasteiger charge is -2.08. The number of pyridine rings is 1. The van der Waals surface area contributed by atoms with Gasteiger partial charge in [0.05, 0.1) is 28.8 Å². The minimum atomic E-state index is -0.252. The van der Waals surface area contributed by atoms with Crippen LogP contribution in [0.5, 0.6) is 0 Å². The van der Waals surface area contributed by atoms with E-state index in [0.29, 0.717) is 16.9 Å². The van der Waals surface area contributed by atoms with E-state index in [1.54, 1.807) is 23.1 Å². The molecular weight excluding hydrogens is 244 g/mol. The standard InChI is InChI=1S/C12H16N6O/c1-3-9-11(7-18(2)17-9)15-12(19)8-4-5-14-6-10(8)16-13/h4-7,16H,3,13H2,1-2H3,(H,15,19). The summed E-state index contributed by atoms with van der Waals surface area (Å²) in [4.78, 5) is 16.1. The van der Waals surface area contributed by atoms with Crippen LogP contribution in [0.2, 0.25) is 0 Å². The molecule has 0 aliphatic rings. The fourth-order valence-corrected chi connectivity index (χ4v) is 1.80. The largest absolute Gasteiger partial charge is 0.322 e. The molecule has 0 saturated heterocycles. The van der Waals surface area contributed by atoms with Gasteiger partial charge < -0.3 is 10.7 Å². The highest BCUT2D eigenvalue weighted by molar-refractivity contribution is 6.08. The van der Waals surface area contributed by atoms with Crippen LogP contribution in [0.15, 0.2) is 24.7 Å². The van der Waals surface area contributed by atoms with Crippen LogP contribution in [0, 0.1) is 0 Å². The SMILES string of the molecule is CCc1nn(C)cc1NC(=O)c1ccncc1NN. The third-order valence-corrected chi connectivity index (χ3v) is 2.71.